The Labute approximate surface area is 139 Å². The second-order valence-corrected chi connectivity index (χ2v) is 5.22. The maximum Gasteiger partial charge on any atom is 0.441 e. The van der Waals surface area contributed by atoms with Crippen molar-refractivity contribution in [1.82, 2.24) is 19.6 Å². The summed E-state index contributed by atoms with van der Waals surface area (Å²) in [5.74, 6) is 1.19. The molecule has 0 saturated heterocycles. The van der Waals surface area contributed by atoms with Crippen LogP contribution in [0.2, 0.25) is 0 Å². The zero-order valence-electron chi connectivity index (χ0n) is 13.5. The van der Waals surface area contributed by atoms with Gasteiger partial charge in [0.05, 0.1) is 12.2 Å². The van der Waals surface area contributed by atoms with Crippen LogP contribution in [0.5, 0.6) is 11.6 Å². The molecule has 3 aromatic rings. The van der Waals surface area contributed by atoms with Gasteiger partial charge in [0.15, 0.2) is 0 Å². The molecule has 0 atom stereocenters. The van der Waals surface area contributed by atoms with Crippen LogP contribution < -0.4 is 9.47 Å². The number of aromatic nitrogens is 4. The van der Waals surface area contributed by atoms with Crippen molar-refractivity contribution in [3.63, 3.8) is 0 Å². The molecule has 124 valence electrons. The summed E-state index contributed by atoms with van der Waals surface area (Å²) in [5, 5.41) is 8.27. The predicted molar refractivity (Wildman–Crippen MR) is 87.3 cm³/mol. The molecule has 0 unspecified atom stereocenters. The molecule has 3 rings (SSSR count). The molecule has 7 nitrogen and oxygen atoms in total. The summed E-state index contributed by atoms with van der Waals surface area (Å²) < 4.78 is 13.9. The van der Waals surface area contributed by atoms with Gasteiger partial charge in [-0.2, -0.15) is 14.9 Å². The number of carbonyl (C=O) groups excluding carboxylic acids is 1. The monoisotopic (exact) mass is 326 g/mol. The molecule has 0 fully saturated rings. The normalized spacial score (nSPS) is 10.6. The van der Waals surface area contributed by atoms with E-state index in [1.165, 1.54) is 12.4 Å². The van der Waals surface area contributed by atoms with E-state index in [1.54, 1.807) is 10.7 Å². The van der Waals surface area contributed by atoms with Crippen LogP contribution in [-0.2, 0) is 6.54 Å². The topological polar surface area (TPSA) is 71.2 Å². The lowest BCUT2D eigenvalue weighted by Crippen LogP contribution is -2.20. The van der Waals surface area contributed by atoms with Crippen molar-refractivity contribution in [1.29, 1.82) is 0 Å². The molecule has 0 aliphatic carbocycles. The zero-order chi connectivity index (χ0) is 16.9. The van der Waals surface area contributed by atoms with Crippen molar-refractivity contribution in [3.8, 4) is 11.6 Å². The molecule has 0 radical (unpaired) electrons. The number of benzene rings is 1. The van der Waals surface area contributed by atoms with E-state index < -0.39 is 6.09 Å². The Hall–Kier alpha value is -3.09. The second kappa shape index (κ2) is 6.99. The van der Waals surface area contributed by atoms with E-state index in [4.69, 9.17) is 9.47 Å². The van der Waals surface area contributed by atoms with E-state index >= 15 is 0 Å². The van der Waals surface area contributed by atoms with E-state index in [1.807, 2.05) is 44.2 Å². The molecule has 1 aromatic carbocycles. The maximum atomic E-state index is 12.1. The van der Waals surface area contributed by atoms with Crippen LogP contribution in [0.15, 0.2) is 48.8 Å². The molecule has 0 saturated carbocycles. The Bertz CT molecular complexity index is 810. The average molecular weight is 326 g/mol. The highest BCUT2D eigenvalue weighted by Crippen LogP contribution is 2.21. The molecule has 0 bridgehead atoms. The quantitative estimate of drug-likeness (QED) is 0.721. The molecule has 2 heterocycles. The lowest BCUT2D eigenvalue weighted by atomic mass is 10.3. The van der Waals surface area contributed by atoms with Crippen LogP contribution in [0, 0.1) is 13.8 Å². The van der Waals surface area contributed by atoms with Crippen molar-refractivity contribution >= 4 is 6.09 Å². The van der Waals surface area contributed by atoms with Crippen molar-refractivity contribution in [2.45, 2.75) is 20.4 Å². The maximum absolute atomic E-state index is 12.1. The predicted octanol–water partition coefficient (Wildman–Crippen LogP) is 2.82. The number of para-hydroxylation sites is 1. The first-order chi connectivity index (χ1) is 11.6. The van der Waals surface area contributed by atoms with Crippen LogP contribution in [0.4, 0.5) is 4.79 Å². The molecule has 0 N–H and O–H groups in total. The third-order valence-corrected chi connectivity index (χ3v) is 3.56. The molecule has 24 heavy (non-hydrogen) atoms. The fraction of sp³-hybridized carbons (Fsp3) is 0.235. The van der Waals surface area contributed by atoms with Gasteiger partial charge in [-0.15, -0.1) is 0 Å². The zero-order valence-corrected chi connectivity index (χ0v) is 13.5. The Morgan fingerprint density at radius 2 is 1.96 bits per heavy atom. The van der Waals surface area contributed by atoms with Gasteiger partial charge in [-0.1, -0.05) is 18.2 Å². The summed E-state index contributed by atoms with van der Waals surface area (Å²) in [6, 6.07) is 11.2. The summed E-state index contributed by atoms with van der Waals surface area (Å²) >= 11 is 0. The average Bonchev–Trinajstić information content (AvgIpc) is 3.21. The standard InChI is InChI=1S/C17H18N4O3/c1-13-14(2)19-20(11-12-23-15-7-4-3-5-8-15)16(13)24-17(22)21-10-6-9-18-21/h3-10H,11-12H2,1-2H3. The number of carbonyl (C=O) groups is 1. The molecule has 2 aromatic heterocycles. The lowest BCUT2D eigenvalue weighted by molar-refractivity contribution is 0.191. The minimum Gasteiger partial charge on any atom is -0.492 e. The van der Waals surface area contributed by atoms with Crippen LogP contribution >= 0.6 is 0 Å². The first kappa shape index (κ1) is 15.8. The molecule has 0 spiro atoms. The number of hydrogen-bond acceptors (Lipinski definition) is 5. The van der Waals surface area contributed by atoms with Crippen molar-refractivity contribution in [2.75, 3.05) is 6.61 Å². The SMILES string of the molecule is Cc1nn(CCOc2ccccc2)c(OC(=O)n2cccn2)c1C. The Morgan fingerprint density at radius 3 is 2.67 bits per heavy atom. The van der Waals surface area contributed by atoms with Gasteiger partial charge in [0.25, 0.3) is 0 Å². The smallest absolute Gasteiger partial charge is 0.441 e. The number of aryl methyl sites for hydroxylation is 1. The second-order valence-electron chi connectivity index (χ2n) is 5.22. The highest BCUT2D eigenvalue weighted by atomic mass is 16.6. The summed E-state index contributed by atoms with van der Waals surface area (Å²) in [7, 11) is 0. The van der Waals surface area contributed by atoms with Crippen LogP contribution in [-0.4, -0.2) is 32.3 Å². The van der Waals surface area contributed by atoms with Crippen LogP contribution in [0.3, 0.4) is 0 Å². The van der Waals surface area contributed by atoms with E-state index in [0.717, 1.165) is 21.7 Å². The van der Waals surface area contributed by atoms with Gasteiger partial charge in [0.2, 0.25) is 5.88 Å². The highest BCUT2D eigenvalue weighted by molar-refractivity contribution is 5.72. The van der Waals surface area contributed by atoms with Gasteiger partial charge in [-0.3, -0.25) is 0 Å². The molecular weight excluding hydrogens is 308 g/mol. The molecular formula is C17H18N4O3. The minimum absolute atomic E-state index is 0.407. The fourth-order valence-corrected chi connectivity index (χ4v) is 2.20. The number of rotatable bonds is 5. The Morgan fingerprint density at radius 1 is 1.17 bits per heavy atom. The van der Waals surface area contributed by atoms with Crippen LogP contribution in [0.1, 0.15) is 11.3 Å². The van der Waals surface area contributed by atoms with Crippen LogP contribution in [0.25, 0.3) is 0 Å². The largest absolute Gasteiger partial charge is 0.492 e. The summed E-state index contributed by atoms with van der Waals surface area (Å²) in [6.07, 6.45) is 2.47. The fourth-order valence-electron chi connectivity index (χ4n) is 2.20. The molecule has 7 heteroatoms. The van der Waals surface area contributed by atoms with E-state index in [-0.39, 0.29) is 0 Å². The third-order valence-electron chi connectivity index (χ3n) is 3.56. The Kier molecular flexibility index (Phi) is 4.60. The van der Waals surface area contributed by atoms with Gasteiger partial charge in [0, 0.05) is 18.0 Å². The van der Waals surface area contributed by atoms with Gasteiger partial charge < -0.3 is 9.47 Å². The molecule has 0 amide bonds. The number of ether oxygens (including phenoxy) is 2. The first-order valence-corrected chi connectivity index (χ1v) is 7.59. The van der Waals surface area contributed by atoms with Crippen molar-refractivity contribution < 1.29 is 14.3 Å². The highest BCUT2D eigenvalue weighted by Gasteiger charge is 2.18. The van der Waals surface area contributed by atoms with Gasteiger partial charge in [-0.05, 0) is 32.0 Å². The third kappa shape index (κ3) is 3.45. The number of hydrogen-bond donors (Lipinski definition) is 0. The minimum atomic E-state index is -0.576. The van der Waals surface area contributed by atoms with E-state index in [2.05, 4.69) is 10.2 Å². The summed E-state index contributed by atoms with van der Waals surface area (Å²) in [6.45, 7) is 4.61. The van der Waals surface area contributed by atoms with Crippen molar-refractivity contribution in [3.05, 3.63) is 60.0 Å². The Balaban J connectivity index is 1.69. The number of nitrogens with zero attached hydrogens (tertiary/aromatic N) is 4. The van der Waals surface area contributed by atoms with E-state index in [0.29, 0.717) is 19.0 Å². The van der Waals surface area contributed by atoms with Gasteiger partial charge in [0.1, 0.15) is 12.4 Å². The van der Waals surface area contributed by atoms with Gasteiger partial charge >= 0.3 is 6.09 Å². The summed E-state index contributed by atoms with van der Waals surface area (Å²) in [4.78, 5) is 12.1. The van der Waals surface area contributed by atoms with E-state index in [9.17, 15) is 4.79 Å². The lowest BCUT2D eigenvalue weighted by Gasteiger charge is -2.10. The van der Waals surface area contributed by atoms with Gasteiger partial charge in [-0.25, -0.2) is 9.48 Å². The first-order valence-electron chi connectivity index (χ1n) is 7.59. The summed E-state index contributed by atoms with van der Waals surface area (Å²) in [5.41, 5.74) is 1.62. The van der Waals surface area contributed by atoms with Crippen molar-refractivity contribution in [2.24, 2.45) is 0 Å². The molecule has 0 aliphatic rings. The molecule has 0 aliphatic heterocycles.